The first-order valence-corrected chi connectivity index (χ1v) is 10.2. The van der Waals surface area contributed by atoms with E-state index in [2.05, 4.69) is 10.1 Å². The van der Waals surface area contributed by atoms with Crippen LogP contribution in [0.3, 0.4) is 0 Å². The van der Waals surface area contributed by atoms with Gasteiger partial charge in [0.1, 0.15) is 0 Å². The molecule has 154 valence electrons. The number of hydrogen-bond acceptors (Lipinski definition) is 5. The first kappa shape index (κ1) is 19.2. The highest BCUT2D eigenvalue weighted by Gasteiger charge is 2.51. The molecule has 2 saturated heterocycles. The van der Waals surface area contributed by atoms with Gasteiger partial charge in [0.25, 0.3) is 5.91 Å². The fraction of sp³-hybridized carbons (Fsp3) is 0.318. The Kier molecular flexibility index (Phi) is 4.60. The number of fused-ring (bicyclic) bond motifs is 2. The van der Waals surface area contributed by atoms with E-state index in [0.29, 0.717) is 10.8 Å². The summed E-state index contributed by atoms with van der Waals surface area (Å²) in [4.78, 5) is 18.6. The van der Waals surface area contributed by atoms with E-state index in [-0.39, 0.29) is 42.1 Å². The quantitative estimate of drug-likeness (QED) is 0.634. The third kappa shape index (κ3) is 3.18. The maximum Gasteiger partial charge on any atom is 0.276 e. The lowest BCUT2D eigenvalue weighted by molar-refractivity contribution is -0.0506. The molecule has 6 nitrogen and oxygen atoms in total. The molecule has 30 heavy (non-hydrogen) atoms. The Hall–Kier alpha value is -2.77. The van der Waals surface area contributed by atoms with Crippen LogP contribution in [0.25, 0.3) is 11.3 Å². The molecule has 1 aromatic carbocycles. The molecule has 1 unspecified atom stereocenters. The molecule has 2 fully saturated rings. The minimum Gasteiger partial charge on any atom is -0.385 e. The van der Waals surface area contributed by atoms with Crippen LogP contribution in [0, 0.1) is 5.95 Å². The Morgan fingerprint density at radius 2 is 1.90 bits per heavy atom. The Morgan fingerprint density at radius 1 is 1.20 bits per heavy atom. The second kappa shape index (κ2) is 7.18. The molecule has 2 aromatic heterocycles. The summed E-state index contributed by atoms with van der Waals surface area (Å²) in [7, 11) is 0. The number of aromatic nitrogens is 2. The first-order chi connectivity index (χ1) is 14.4. The number of carbonyl (C=O) groups excluding carboxylic acids is 1. The molecule has 2 aliphatic heterocycles. The van der Waals surface area contributed by atoms with Gasteiger partial charge in [-0.05, 0) is 43.2 Å². The Labute approximate surface area is 177 Å². The molecule has 5 rings (SSSR count). The molecule has 1 N–H and O–H groups in total. The molecule has 1 amide bonds. The number of halogens is 2. The molecule has 8 heteroatoms. The van der Waals surface area contributed by atoms with E-state index in [4.69, 9.17) is 16.1 Å². The number of rotatable bonds is 3. The smallest absolute Gasteiger partial charge is 0.276 e. The van der Waals surface area contributed by atoms with E-state index in [1.54, 1.807) is 47.4 Å². The van der Waals surface area contributed by atoms with Gasteiger partial charge in [0.2, 0.25) is 5.95 Å². The topological polar surface area (TPSA) is 79.5 Å². The summed E-state index contributed by atoms with van der Waals surface area (Å²) in [6, 6.07) is 11.5. The standard InChI is InChI=1S/C22H19ClFN3O3/c23-14-5-3-13(4-6-14)19-10-18(26-30-19)21(28)27-15-7-8-16(27)12-22(29,11-15)17-2-1-9-25-20(17)24/h1-6,9-10,15-16,29H,7-8,11-12H2/t15-,16+,22?. The summed E-state index contributed by atoms with van der Waals surface area (Å²) in [5.74, 6) is -0.420. The van der Waals surface area contributed by atoms with E-state index in [9.17, 15) is 14.3 Å². The highest BCUT2D eigenvalue weighted by Crippen LogP contribution is 2.46. The van der Waals surface area contributed by atoms with Crippen LogP contribution in [0.1, 0.15) is 41.7 Å². The molecule has 3 aromatic rings. The lowest BCUT2D eigenvalue weighted by Crippen LogP contribution is -2.52. The molecular weight excluding hydrogens is 409 g/mol. The monoisotopic (exact) mass is 427 g/mol. The maximum atomic E-state index is 14.2. The summed E-state index contributed by atoms with van der Waals surface area (Å²) < 4.78 is 19.6. The number of carbonyl (C=O) groups is 1. The number of hydrogen-bond donors (Lipinski definition) is 1. The van der Waals surface area contributed by atoms with Gasteiger partial charge in [0, 0.05) is 53.3 Å². The third-order valence-corrected chi connectivity index (χ3v) is 6.37. The second-order valence-corrected chi connectivity index (χ2v) is 8.40. The number of piperidine rings is 1. The molecule has 3 atom stereocenters. The van der Waals surface area contributed by atoms with Gasteiger partial charge in [0.15, 0.2) is 11.5 Å². The summed E-state index contributed by atoms with van der Waals surface area (Å²) in [5.41, 5.74) is -0.150. The number of amides is 1. The van der Waals surface area contributed by atoms with Gasteiger partial charge in [-0.25, -0.2) is 4.98 Å². The summed E-state index contributed by atoms with van der Waals surface area (Å²) in [5, 5.41) is 15.8. The molecule has 0 saturated carbocycles. The summed E-state index contributed by atoms with van der Waals surface area (Å²) in [6.07, 6.45) is 3.39. The molecule has 0 aliphatic carbocycles. The average Bonchev–Trinajstić information content (AvgIpc) is 3.32. The average molecular weight is 428 g/mol. The van der Waals surface area contributed by atoms with Gasteiger partial charge < -0.3 is 14.5 Å². The zero-order chi connectivity index (χ0) is 20.9. The van der Waals surface area contributed by atoms with Crippen molar-refractivity contribution in [2.75, 3.05) is 0 Å². The van der Waals surface area contributed by atoms with E-state index >= 15 is 0 Å². The maximum absolute atomic E-state index is 14.2. The molecule has 0 spiro atoms. The Bertz CT molecular complexity index is 1090. The van der Waals surface area contributed by atoms with Crippen LogP contribution in [0.4, 0.5) is 4.39 Å². The van der Waals surface area contributed by atoms with Crippen molar-refractivity contribution in [3.05, 3.63) is 70.9 Å². The number of benzene rings is 1. The van der Waals surface area contributed by atoms with Crippen molar-refractivity contribution in [2.24, 2.45) is 0 Å². The normalized spacial score (nSPS) is 25.5. The van der Waals surface area contributed by atoms with Gasteiger partial charge in [-0.2, -0.15) is 4.39 Å². The largest absolute Gasteiger partial charge is 0.385 e. The van der Waals surface area contributed by atoms with Crippen molar-refractivity contribution in [3.8, 4) is 11.3 Å². The van der Waals surface area contributed by atoms with Crippen molar-refractivity contribution >= 4 is 17.5 Å². The van der Waals surface area contributed by atoms with Gasteiger partial charge in [-0.15, -0.1) is 0 Å². The zero-order valence-corrected chi connectivity index (χ0v) is 16.7. The fourth-order valence-electron chi connectivity index (χ4n) is 4.77. The van der Waals surface area contributed by atoms with Crippen molar-refractivity contribution in [3.63, 3.8) is 0 Å². The lowest BCUT2D eigenvalue weighted by Gasteiger charge is -2.43. The molecular formula is C22H19ClFN3O3. The first-order valence-electron chi connectivity index (χ1n) is 9.83. The van der Waals surface area contributed by atoms with E-state index in [0.717, 1.165) is 18.4 Å². The van der Waals surface area contributed by atoms with Gasteiger partial charge in [0.05, 0.1) is 5.60 Å². The van der Waals surface area contributed by atoms with Crippen molar-refractivity contribution < 1.29 is 18.8 Å². The van der Waals surface area contributed by atoms with Crippen molar-refractivity contribution in [2.45, 2.75) is 43.4 Å². The minimum atomic E-state index is -1.33. The van der Waals surface area contributed by atoms with Crippen LogP contribution < -0.4 is 0 Å². The molecule has 0 radical (unpaired) electrons. The lowest BCUT2D eigenvalue weighted by atomic mass is 9.81. The molecule has 2 aliphatic rings. The molecule has 4 heterocycles. The van der Waals surface area contributed by atoms with E-state index in [1.807, 2.05) is 0 Å². The summed E-state index contributed by atoms with van der Waals surface area (Å²) in [6.45, 7) is 0. The van der Waals surface area contributed by atoms with E-state index in [1.165, 1.54) is 6.20 Å². The fourth-order valence-corrected chi connectivity index (χ4v) is 4.89. The van der Waals surface area contributed by atoms with Gasteiger partial charge in [-0.1, -0.05) is 22.8 Å². The van der Waals surface area contributed by atoms with Crippen molar-refractivity contribution in [1.29, 1.82) is 0 Å². The zero-order valence-electron chi connectivity index (χ0n) is 16.0. The minimum absolute atomic E-state index is 0.195. The highest BCUT2D eigenvalue weighted by atomic mass is 35.5. The van der Waals surface area contributed by atoms with Crippen LogP contribution in [0.15, 0.2) is 53.2 Å². The van der Waals surface area contributed by atoms with Crippen molar-refractivity contribution in [1.82, 2.24) is 15.0 Å². The Morgan fingerprint density at radius 3 is 2.57 bits per heavy atom. The highest BCUT2D eigenvalue weighted by molar-refractivity contribution is 6.30. The predicted molar refractivity (Wildman–Crippen MR) is 107 cm³/mol. The predicted octanol–water partition coefficient (Wildman–Crippen LogP) is 4.18. The van der Waals surface area contributed by atoms with E-state index < -0.39 is 11.5 Å². The van der Waals surface area contributed by atoms with Crippen LogP contribution in [0.5, 0.6) is 0 Å². The van der Waals surface area contributed by atoms with Gasteiger partial charge in [-0.3, -0.25) is 4.79 Å². The molecule has 2 bridgehead atoms. The Balaban J connectivity index is 1.38. The van der Waals surface area contributed by atoms with Gasteiger partial charge >= 0.3 is 0 Å². The second-order valence-electron chi connectivity index (χ2n) is 7.96. The van der Waals surface area contributed by atoms with Crippen LogP contribution >= 0.6 is 11.6 Å². The number of nitrogens with zero attached hydrogens (tertiary/aromatic N) is 3. The third-order valence-electron chi connectivity index (χ3n) is 6.12. The van der Waals surface area contributed by atoms with Crippen LogP contribution in [0.2, 0.25) is 5.02 Å². The van der Waals surface area contributed by atoms with Crippen LogP contribution in [-0.2, 0) is 5.60 Å². The van der Waals surface area contributed by atoms with Crippen LogP contribution in [-0.4, -0.2) is 38.1 Å². The number of aliphatic hydroxyl groups is 1. The SMILES string of the molecule is O=C(c1cc(-c2ccc(Cl)cc2)on1)N1[C@@H]2CC[C@H]1CC(O)(c1cccnc1F)C2. The number of pyridine rings is 1. The summed E-state index contributed by atoms with van der Waals surface area (Å²) >= 11 is 5.92.